The zero-order valence-corrected chi connectivity index (χ0v) is 15.4. The molecule has 0 bridgehead atoms. The maximum absolute atomic E-state index is 12.1. The van der Waals surface area contributed by atoms with Gasteiger partial charge in [0.25, 0.3) is 0 Å². The fraction of sp³-hybridized carbons (Fsp3) is 0.733. The summed E-state index contributed by atoms with van der Waals surface area (Å²) in [5.74, 6) is 3.34. The fourth-order valence-corrected chi connectivity index (χ4v) is 2.20. The standard InChI is InChI=1S/C15H19Cl3O4/c1-13(2,3)22-12(20)11-9(14(11,4)5)6-7-10(19)21-8-15(16,17)18/h9,11H,8H2,1-5H3/t9-,11-/m0/s1. The molecular formula is C15H19Cl3O4. The lowest BCUT2D eigenvalue weighted by Crippen LogP contribution is -2.26. The van der Waals surface area contributed by atoms with E-state index in [1.54, 1.807) is 20.8 Å². The Hall–Kier alpha value is -0.630. The summed E-state index contributed by atoms with van der Waals surface area (Å²) in [6, 6.07) is 0. The van der Waals surface area contributed by atoms with Crippen molar-refractivity contribution in [2.24, 2.45) is 17.3 Å². The Bertz CT molecular complexity index is 518. The molecule has 0 spiro atoms. The molecule has 2 atom stereocenters. The first-order valence-electron chi connectivity index (χ1n) is 6.72. The van der Waals surface area contributed by atoms with Crippen LogP contribution < -0.4 is 0 Å². The summed E-state index contributed by atoms with van der Waals surface area (Å²) in [6.07, 6.45) is 0. The SMILES string of the molecule is CC(C)(C)OC(=O)[C@@H]1[C@H](C#CC(=O)OCC(Cl)(Cl)Cl)C1(C)C. The van der Waals surface area contributed by atoms with Crippen LogP contribution in [-0.4, -0.2) is 27.9 Å². The molecule has 0 saturated heterocycles. The van der Waals surface area contributed by atoms with Crippen molar-refractivity contribution in [2.45, 2.75) is 44.0 Å². The van der Waals surface area contributed by atoms with E-state index in [2.05, 4.69) is 11.8 Å². The van der Waals surface area contributed by atoms with Crippen LogP contribution >= 0.6 is 34.8 Å². The third kappa shape index (κ3) is 5.87. The summed E-state index contributed by atoms with van der Waals surface area (Å²) < 4.78 is 8.38. The Morgan fingerprint density at radius 2 is 1.73 bits per heavy atom. The zero-order valence-electron chi connectivity index (χ0n) is 13.1. The summed E-state index contributed by atoms with van der Waals surface area (Å²) in [5, 5.41) is 0. The maximum atomic E-state index is 12.1. The Kier molecular flexibility index (Phi) is 5.71. The van der Waals surface area contributed by atoms with E-state index in [0.29, 0.717) is 0 Å². The summed E-state index contributed by atoms with van der Waals surface area (Å²) in [4.78, 5) is 23.5. The zero-order chi connectivity index (χ0) is 17.3. The number of esters is 2. The van der Waals surface area contributed by atoms with Gasteiger partial charge in [-0.3, -0.25) is 4.79 Å². The monoisotopic (exact) mass is 368 g/mol. The van der Waals surface area contributed by atoms with Crippen LogP contribution in [0, 0.1) is 29.1 Å². The molecule has 0 aromatic rings. The van der Waals surface area contributed by atoms with Crippen molar-refractivity contribution in [3.05, 3.63) is 0 Å². The predicted molar refractivity (Wildman–Crippen MR) is 85.6 cm³/mol. The largest absolute Gasteiger partial charge is 0.460 e. The number of ether oxygens (including phenoxy) is 2. The van der Waals surface area contributed by atoms with Crippen molar-refractivity contribution in [3.8, 4) is 11.8 Å². The van der Waals surface area contributed by atoms with Crippen LogP contribution in [-0.2, 0) is 19.1 Å². The third-order valence-electron chi connectivity index (χ3n) is 3.18. The van der Waals surface area contributed by atoms with E-state index in [9.17, 15) is 9.59 Å². The van der Waals surface area contributed by atoms with Crippen LogP contribution in [0.1, 0.15) is 34.6 Å². The minimum absolute atomic E-state index is 0.261. The second-order valence-corrected chi connectivity index (χ2v) is 9.29. The molecule has 0 heterocycles. The second-order valence-electron chi connectivity index (χ2n) is 6.77. The lowest BCUT2D eigenvalue weighted by atomic mass is 10.1. The molecule has 1 rings (SSSR count). The average molecular weight is 370 g/mol. The van der Waals surface area contributed by atoms with Crippen molar-refractivity contribution < 1.29 is 19.1 Å². The van der Waals surface area contributed by atoms with E-state index >= 15 is 0 Å². The van der Waals surface area contributed by atoms with Gasteiger partial charge in [-0.2, -0.15) is 0 Å². The molecule has 7 heteroatoms. The number of rotatable bonds is 2. The smallest absolute Gasteiger partial charge is 0.384 e. The molecular weight excluding hydrogens is 351 g/mol. The highest BCUT2D eigenvalue weighted by atomic mass is 35.6. The Balaban J connectivity index is 2.62. The molecule has 4 nitrogen and oxygen atoms in total. The highest BCUT2D eigenvalue weighted by Crippen LogP contribution is 2.58. The van der Waals surface area contributed by atoms with Gasteiger partial charge < -0.3 is 9.47 Å². The van der Waals surface area contributed by atoms with Crippen molar-refractivity contribution in [3.63, 3.8) is 0 Å². The predicted octanol–water partition coefficient (Wildman–Crippen LogP) is 3.52. The van der Waals surface area contributed by atoms with Gasteiger partial charge in [-0.25, -0.2) is 4.79 Å². The molecule has 124 valence electrons. The van der Waals surface area contributed by atoms with Crippen molar-refractivity contribution >= 4 is 46.7 Å². The van der Waals surface area contributed by atoms with Crippen LogP contribution in [0.3, 0.4) is 0 Å². The van der Waals surface area contributed by atoms with E-state index in [-0.39, 0.29) is 29.8 Å². The van der Waals surface area contributed by atoms with Crippen LogP contribution in [0.25, 0.3) is 0 Å². The van der Waals surface area contributed by atoms with E-state index in [1.165, 1.54) is 0 Å². The molecule has 0 N–H and O–H groups in total. The molecule has 22 heavy (non-hydrogen) atoms. The first kappa shape index (κ1) is 19.4. The minimum Gasteiger partial charge on any atom is -0.460 e. The second kappa shape index (κ2) is 6.47. The Morgan fingerprint density at radius 3 is 2.18 bits per heavy atom. The maximum Gasteiger partial charge on any atom is 0.384 e. The summed E-state index contributed by atoms with van der Waals surface area (Å²) in [6.45, 7) is 8.81. The molecule has 1 aliphatic rings. The van der Waals surface area contributed by atoms with Gasteiger partial charge in [-0.15, -0.1) is 0 Å². The van der Waals surface area contributed by atoms with Crippen LogP contribution in [0.5, 0.6) is 0 Å². The Morgan fingerprint density at radius 1 is 1.18 bits per heavy atom. The van der Waals surface area contributed by atoms with Gasteiger partial charge in [0, 0.05) is 11.8 Å². The number of hydrogen-bond donors (Lipinski definition) is 0. The van der Waals surface area contributed by atoms with E-state index in [0.717, 1.165) is 0 Å². The molecule has 0 amide bonds. The quantitative estimate of drug-likeness (QED) is 0.323. The highest BCUT2D eigenvalue weighted by Gasteiger charge is 2.62. The number of alkyl halides is 3. The van der Waals surface area contributed by atoms with Crippen LogP contribution in [0.15, 0.2) is 0 Å². The normalized spacial score (nSPS) is 23.1. The van der Waals surface area contributed by atoms with Gasteiger partial charge in [0.15, 0.2) is 0 Å². The molecule has 0 radical (unpaired) electrons. The first-order valence-corrected chi connectivity index (χ1v) is 7.85. The minimum atomic E-state index is -1.67. The molecule has 0 unspecified atom stereocenters. The van der Waals surface area contributed by atoms with Crippen LogP contribution in [0.4, 0.5) is 0 Å². The lowest BCUT2D eigenvalue weighted by molar-refractivity contribution is -0.157. The topological polar surface area (TPSA) is 52.6 Å². The average Bonchev–Trinajstić information content (AvgIpc) is 2.82. The third-order valence-corrected chi connectivity index (χ3v) is 3.51. The van der Waals surface area contributed by atoms with Gasteiger partial charge in [-0.1, -0.05) is 54.6 Å². The van der Waals surface area contributed by atoms with Gasteiger partial charge in [0.05, 0.1) is 5.92 Å². The van der Waals surface area contributed by atoms with Gasteiger partial charge in [0.2, 0.25) is 3.79 Å². The van der Waals surface area contributed by atoms with Crippen molar-refractivity contribution in [1.82, 2.24) is 0 Å². The lowest BCUT2D eigenvalue weighted by Gasteiger charge is -2.19. The van der Waals surface area contributed by atoms with Gasteiger partial charge >= 0.3 is 11.9 Å². The van der Waals surface area contributed by atoms with Crippen molar-refractivity contribution in [1.29, 1.82) is 0 Å². The van der Waals surface area contributed by atoms with Gasteiger partial charge in [0.1, 0.15) is 12.2 Å². The Labute approximate surface area is 145 Å². The van der Waals surface area contributed by atoms with Crippen LogP contribution in [0.2, 0.25) is 0 Å². The number of carbonyl (C=O) groups is 2. The highest BCUT2D eigenvalue weighted by molar-refractivity contribution is 6.67. The van der Waals surface area contributed by atoms with Gasteiger partial charge in [-0.05, 0) is 26.2 Å². The first-order chi connectivity index (χ1) is 9.74. The summed E-state index contributed by atoms with van der Waals surface area (Å²) in [7, 11) is 0. The molecule has 0 aliphatic heterocycles. The molecule has 1 fully saturated rings. The molecule has 1 saturated carbocycles. The summed E-state index contributed by atoms with van der Waals surface area (Å²) in [5.41, 5.74) is -0.901. The van der Waals surface area contributed by atoms with E-state index < -0.39 is 15.4 Å². The van der Waals surface area contributed by atoms with Crippen molar-refractivity contribution in [2.75, 3.05) is 6.61 Å². The number of carbonyl (C=O) groups excluding carboxylic acids is 2. The number of hydrogen-bond acceptors (Lipinski definition) is 4. The molecule has 1 aliphatic carbocycles. The molecule has 0 aromatic carbocycles. The summed E-state index contributed by atoms with van der Waals surface area (Å²) >= 11 is 16.4. The number of halogens is 3. The molecule has 0 aromatic heterocycles. The van der Waals surface area contributed by atoms with E-state index in [4.69, 9.17) is 44.3 Å². The van der Waals surface area contributed by atoms with E-state index in [1.807, 2.05) is 13.8 Å². The fourth-order valence-electron chi connectivity index (χ4n) is 2.03.